The second-order valence-electron chi connectivity index (χ2n) is 9.22. The van der Waals surface area contributed by atoms with Gasteiger partial charge in [-0.3, -0.25) is 0 Å². The fraction of sp³-hybridized carbons (Fsp3) is 0.0968. The van der Waals surface area contributed by atoms with Gasteiger partial charge in [-0.2, -0.15) is 39.5 Å². The Kier molecular flexibility index (Phi) is 6.64. The van der Waals surface area contributed by atoms with Crippen molar-refractivity contribution in [3.63, 3.8) is 0 Å². The van der Waals surface area contributed by atoms with Gasteiger partial charge >= 0.3 is 18.5 Å². The van der Waals surface area contributed by atoms with Crippen LogP contribution in [0, 0.1) is 0 Å². The number of halogens is 9. The van der Waals surface area contributed by atoms with Gasteiger partial charge in [-0.1, -0.05) is 60.7 Å². The minimum Gasteiger partial charge on any atom is -0.166 e. The van der Waals surface area contributed by atoms with Gasteiger partial charge < -0.3 is 0 Å². The molecule has 5 aromatic carbocycles. The van der Waals surface area contributed by atoms with Crippen molar-refractivity contribution < 1.29 is 39.5 Å². The van der Waals surface area contributed by atoms with Crippen LogP contribution < -0.4 is 0 Å². The van der Waals surface area contributed by atoms with Crippen molar-refractivity contribution in [2.75, 3.05) is 0 Å². The Hall–Kier alpha value is -4.27. The molecule has 0 atom stereocenters. The lowest BCUT2D eigenvalue weighted by Gasteiger charge is -2.15. The van der Waals surface area contributed by atoms with Crippen molar-refractivity contribution in [1.82, 2.24) is 0 Å². The summed E-state index contributed by atoms with van der Waals surface area (Å²) in [6.45, 7) is 0. The predicted molar refractivity (Wildman–Crippen MR) is 135 cm³/mol. The lowest BCUT2D eigenvalue weighted by molar-refractivity contribution is -0.143. The summed E-state index contributed by atoms with van der Waals surface area (Å²) in [5, 5.41) is 1.34. The molecular formula is C31H17F9. The van der Waals surface area contributed by atoms with E-state index >= 15 is 0 Å². The van der Waals surface area contributed by atoms with Gasteiger partial charge in [-0.25, -0.2) is 0 Å². The van der Waals surface area contributed by atoms with Crippen LogP contribution in [0.15, 0.2) is 103 Å². The van der Waals surface area contributed by atoms with E-state index in [0.29, 0.717) is 23.1 Å². The quantitative estimate of drug-likeness (QED) is 0.193. The second kappa shape index (κ2) is 9.73. The van der Waals surface area contributed by atoms with Gasteiger partial charge in [0.05, 0.1) is 16.7 Å². The van der Waals surface area contributed by atoms with Crippen LogP contribution in [0.5, 0.6) is 0 Å². The zero-order valence-electron chi connectivity index (χ0n) is 20.2. The lowest BCUT2D eigenvalue weighted by atomic mass is 9.95. The second-order valence-corrected chi connectivity index (χ2v) is 9.22. The molecule has 0 amide bonds. The van der Waals surface area contributed by atoms with E-state index < -0.39 is 35.2 Å². The summed E-state index contributed by atoms with van der Waals surface area (Å²) in [5.74, 6) is 0. The van der Waals surface area contributed by atoms with Crippen molar-refractivity contribution in [1.29, 1.82) is 0 Å². The number of alkyl halides is 9. The fourth-order valence-corrected chi connectivity index (χ4v) is 4.43. The van der Waals surface area contributed by atoms with Gasteiger partial charge in [0.2, 0.25) is 0 Å². The Bertz CT molecular complexity index is 1640. The minimum absolute atomic E-state index is 0.0969. The normalized spacial score (nSPS) is 12.6. The highest BCUT2D eigenvalue weighted by molar-refractivity contribution is 5.91. The first-order valence-electron chi connectivity index (χ1n) is 11.8. The van der Waals surface area contributed by atoms with Crippen LogP contribution in [0.1, 0.15) is 16.7 Å². The van der Waals surface area contributed by atoms with Crippen LogP contribution in [0.4, 0.5) is 39.5 Å². The van der Waals surface area contributed by atoms with E-state index in [1.807, 2.05) is 18.2 Å². The Balaban J connectivity index is 1.44. The maximum absolute atomic E-state index is 13.3. The maximum atomic E-state index is 13.3. The van der Waals surface area contributed by atoms with Crippen LogP contribution in [-0.4, -0.2) is 0 Å². The van der Waals surface area contributed by atoms with Crippen LogP contribution in [-0.2, 0) is 18.5 Å². The van der Waals surface area contributed by atoms with Gasteiger partial charge in [0, 0.05) is 0 Å². The van der Waals surface area contributed by atoms with Crippen molar-refractivity contribution in [3.05, 3.63) is 120 Å². The first-order chi connectivity index (χ1) is 18.7. The van der Waals surface area contributed by atoms with E-state index in [1.165, 1.54) is 24.3 Å². The van der Waals surface area contributed by atoms with Gasteiger partial charge in [0.25, 0.3) is 0 Å². The van der Waals surface area contributed by atoms with Crippen LogP contribution in [0.3, 0.4) is 0 Å². The molecule has 0 aliphatic rings. The molecule has 0 nitrogen and oxygen atoms in total. The van der Waals surface area contributed by atoms with Crippen LogP contribution in [0.25, 0.3) is 44.2 Å². The van der Waals surface area contributed by atoms with Gasteiger partial charge in [-0.15, -0.1) is 0 Å². The fourth-order valence-electron chi connectivity index (χ4n) is 4.43. The first-order valence-corrected chi connectivity index (χ1v) is 11.8. The van der Waals surface area contributed by atoms with Crippen molar-refractivity contribution in [2.45, 2.75) is 18.5 Å². The SMILES string of the molecule is FC(F)(F)c1ccc(-c2ccc(-c3ccc4cc(-c5cc(C(F)(F)F)cc(C(F)(F)F)c5)ccc4c3)cc2)cc1. The molecule has 0 saturated heterocycles. The summed E-state index contributed by atoms with van der Waals surface area (Å²) in [7, 11) is 0. The van der Waals surface area contributed by atoms with E-state index in [2.05, 4.69) is 0 Å². The van der Waals surface area contributed by atoms with Crippen molar-refractivity contribution in [2.24, 2.45) is 0 Å². The molecule has 0 saturated carbocycles. The molecule has 0 spiro atoms. The van der Waals surface area contributed by atoms with Gasteiger partial charge in [0.15, 0.2) is 0 Å². The number of fused-ring (bicyclic) bond motifs is 1. The zero-order valence-corrected chi connectivity index (χ0v) is 20.2. The lowest BCUT2D eigenvalue weighted by Crippen LogP contribution is -2.11. The molecule has 0 aliphatic heterocycles. The summed E-state index contributed by atoms with van der Waals surface area (Å²) in [6, 6.07) is 23.4. The highest BCUT2D eigenvalue weighted by Gasteiger charge is 2.37. The average molecular weight is 560 g/mol. The Morgan fingerprint density at radius 2 is 0.600 bits per heavy atom. The summed E-state index contributed by atoms with van der Waals surface area (Å²) in [6.07, 6.45) is -14.3. The standard InChI is InChI=1S/C31H17F9/c32-29(33,34)26-11-9-19(10-12-26)18-1-3-20(4-2-18)21-5-6-23-14-24(8-7-22(23)13-21)25-15-27(30(35,36)37)17-28(16-25)31(38,39)40/h1-17H. The molecule has 40 heavy (non-hydrogen) atoms. The predicted octanol–water partition coefficient (Wildman–Crippen LogP) is 10.9. The number of benzene rings is 5. The molecule has 0 bridgehead atoms. The zero-order chi connectivity index (χ0) is 28.9. The van der Waals surface area contributed by atoms with Crippen molar-refractivity contribution in [3.8, 4) is 33.4 Å². The van der Waals surface area contributed by atoms with Crippen molar-refractivity contribution >= 4 is 10.8 Å². The highest BCUT2D eigenvalue weighted by atomic mass is 19.4. The molecule has 0 aromatic heterocycles. The number of rotatable bonds is 3. The molecule has 9 heteroatoms. The van der Waals surface area contributed by atoms with Crippen LogP contribution in [0.2, 0.25) is 0 Å². The molecular weight excluding hydrogens is 543 g/mol. The third-order valence-electron chi connectivity index (χ3n) is 6.53. The summed E-state index contributed by atoms with van der Waals surface area (Å²) >= 11 is 0. The Morgan fingerprint density at radius 3 is 1.00 bits per heavy atom. The summed E-state index contributed by atoms with van der Waals surface area (Å²) < 4.78 is 118. The summed E-state index contributed by atoms with van der Waals surface area (Å²) in [4.78, 5) is 0. The molecule has 0 aliphatic carbocycles. The van der Waals surface area contributed by atoms with Crippen LogP contribution >= 0.6 is 0 Å². The summed E-state index contributed by atoms with van der Waals surface area (Å²) in [5.41, 5.74) is -0.533. The molecule has 5 rings (SSSR count). The van der Waals surface area contributed by atoms with E-state index in [-0.39, 0.29) is 17.2 Å². The van der Waals surface area contributed by atoms with E-state index in [4.69, 9.17) is 0 Å². The highest BCUT2D eigenvalue weighted by Crippen LogP contribution is 2.39. The molecule has 0 heterocycles. The Labute approximate surface area is 222 Å². The average Bonchev–Trinajstić information content (AvgIpc) is 2.91. The first kappa shape index (κ1) is 27.3. The number of hydrogen-bond donors (Lipinski definition) is 0. The molecule has 5 aromatic rings. The minimum atomic E-state index is -4.94. The van der Waals surface area contributed by atoms with Gasteiger partial charge in [0.1, 0.15) is 0 Å². The molecule has 0 radical (unpaired) electrons. The third-order valence-corrected chi connectivity index (χ3v) is 6.53. The maximum Gasteiger partial charge on any atom is 0.416 e. The third kappa shape index (κ3) is 5.68. The molecule has 0 N–H and O–H groups in total. The van der Waals surface area contributed by atoms with E-state index in [1.54, 1.807) is 30.3 Å². The van der Waals surface area contributed by atoms with Gasteiger partial charge in [-0.05, 0) is 86.6 Å². The van der Waals surface area contributed by atoms with E-state index in [9.17, 15) is 39.5 Å². The largest absolute Gasteiger partial charge is 0.416 e. The molecule has 0 fully saturated rings. The smallest absolute Gasteiger partial charge is 0.166 e. The topological polar surface area (TPSA) is 0 Å². The molecule has 204 valence electrons. The van der Waals surface area contributed by atoms with E-state index in [0.717, 1.165) is 34.2 Å². The molecule has 0 unspecified atom stereocenters. The number of hydrogen-bond acceptors (Lipinski definition) is 0. The monoisotopic (exact) mass is 560 g/mol. The Morgan fingerprint density at radius 1 is 0.275 bits per heavy atom.